The van der Waals surface area contributed by atoms with Crippen LogP contribution in [0.3, 0.4) is 0 Å². The molecule has 1 amide bonds. The second kappa shape index (κ2) is 5.23. The van der Waals surface area contributed by atoms with Gasteiger partial charge in [-0.2, -0.15) is 0 Å². The number of carbonyl (C=O) groups is 1. The Morgan fingerprint density at radius 1 is 1.50 bits per heavy atom. The van der Waals surface area contributed by atoms with E-state index in [-0.39, 0.29) is 10.7 Å². The maximum Gasteiger partial charge on any atom is 0.240 e. The summed E-state index contributed by atoms with van der Waals surface area (Å²) < 4.78 is 0. The second-order valence-electron chi connectivity index (χ2n) is 3.80. The van der Waals surface area contributed by atoms with Crippen LogP contribution in [0.5, 0.6) is 0 Å². The lowest BCUT2D eigenvalue weighted by Crippen LogP contribution is -2.41. The molecule has 1 saturated heterocycles. The topological polar surface area (TPSA) is 20.3 Å². The highest BCUT2D eigenvalue weighted by Gasteiger charge is 2.27. The molecule has 1 fully saturated rings. The zero-order valence-corrected chi connectivity index (χ0v) is 11.6. The highest BCUT2D eigenvalue weighted by molar-refractivity contribution is 9.10. The van der Waals surface area contributed by atoms with Crippen molar-refractivity contribution in [3.8, 4) is 0 Å². The molecule has 86 valence electrons. The van der Waals surface area contributed by atoms with Crippen molar-refractivity contribution in [3.05, 3.63) is 24.3 Å². The molecule has 1 atom stereocenters. The van der Waals surface area contributed by atoms with Gasteiger partial charge in [-0.25, -0.2) is 0 Å². The number of amides is 1. The maximum atomic E-state index is 12.0. The summed E-state index contributed by atoms with van der Waals surface area (Å²) in [7, 11) is 0. The van der Waals surface area contributed by atoms with Crippen LogP contribution in [0.15, 0.2) is 29.2 Å². The number of nitrogens with zero attached hydrogens (tertiary/aromatic N) is 1. The maximum absolute atomic E-state index is 12.0. The van der Waals surface area contributed by atoms with E-state index in [1.54, 1.807) is 11.8 Å². The normalized spacial score (nSPS) is 21.2. The number of alkyl halides is 1. The third-order valence-corrected chi connectivity index (χ3v) is 4.31. The van der Waals surface area contributed by atoms with Gasteiger partial charge in [0.05, 0.1) is 4.83 Å². The van der Waals surface area contributed by atoms with E-state index < -0.39 is 0 Å². The molecule has 16 heavy (non-hydrogen) atoms. The van der Waals surface area contributed by atoms with Crippen LogP contribution in [-0.2, 0) is 4.79 Å². The molecule has 1 aliphatic heterocycles. The van der Waals surface area contributed by atoms with Crippen molar-refractivity contribution in [1.82, 2.24) is 0 Å². The molecule has 4 heteroatoms. The van der Waals surface area contributed by atoms with E-state index in [9.17, 15) is 4.79 Å². The Labute approximate surface area is 109 Å². The van der Waals surface area contributed by atoms with Gasteiger partial charge in [0.15, 0.2) is 0 Å². The standard InChI is InChI=1S/C12H14BrNOS/c1-16-10-5-2-4-9(8-10)14-7-3-6-11(13)12(14)15/h2,4-5,8,11H,3,6-7H2,1H3. The Hall–Kier alpha value is -0.480. The van der Waals surface area contributed by atoms with E-state index in [0.29, 0.717) is 0 Å². The molecular formula is C12H14BrNOS. The van der Waals surface area contributed by atoms with Gasteiger partial charge >= 0.3 is 0 Å². The van der Waals surface area contributed by atoms with Gasteiger partial charge in [-0.15, -0.1) is 11.8 Å². The van der Waals surface area contributed by atoms with Crippen molar-refractivity contribution in [2.24, 2.45) is 0 Å². The van der Waals surface area contributed by atoms with E-state index in [2.05, 4.69) is 28.1 Å². The van der Waals surface area contributed by atoms with Crippen molar-refractivity contribution >= 4 is 39.3 Å². The van der Waals surface area contributed by atoms with E-state index >= 15 is 0 Å². The van der Waals surface area contributed by atoms with Gasteiger partial charge in [0.2, 0.25) is 5.91 Å². The van der Waals surface area contributed by atoms with Crippen LogP contribution in [0.2, 0.25) is 0 Å². The third kappa shape index (κ3) is 2.43. The Bertz CT molecular complexity index is 396. The van der Waals surface area contributed by atoms with Gasteiger partial charge in [-0.05, 0) is 37.3 Å². The van der Waals surface area contributed by atoms with Crippen LogP contribution in [0.25, 0.3) is 0 Å². The monoisotopic (exact) mass is 299 g/mol. The first-order chi connectivity index (χ1) is 7.72. The lowest BCUT2D eigenvalue weighted by atomic mass is 10.1. The van der Waals surface area contributed by atoms with Crippen molar-refractivity contribution < 1.29 is 4.79 Å². The first kappa shape index (κ1) is 12.0. The quantitative estimate of drug-likeness (QED) is 0.617. The van der Waals surface area contributed by atoms with Gasteiger partial charge in [-0.1, -0.05) is 22.0 Å². The number of anilines is 1. The molecule has 1 aromatic carbocycles. The largest absolute Gasteiger partial charge is 0.311 e. The van der Waals surface area contributed by atoms with Gasteiger partial charge in [0.1, 0.15) is 0 Å². The molecule has 0 bridgehead atoms. The predicted molar refractivity (Wildman–Crippen MR) is 72.5 cm³/mol. The molecule has 2 nitrogen and oxygen atoms in total. The van der Waals surface area contributed by atoms with Crippen molar-refractivity contribution in [2.75, 3.05) is 17.7 Å². The number of piperidine rings is 1. The van der Waals surface area contributed by atoms with Crippen molar-refractivity contribution in [3.63, 3.8) is 0 Å². The lowest BCUT2D eigenvalue weighted by Gasteiger charge is -2.30. The minimum absolute atomic E-state index is 0.0146. The zero-order chi connectivity index (χ0) is 11.5. The number of carbonyl (C=O) groups excluding carboxylic acids is 1. The van der Waals surface area contributed by atoms with Crippen LogP contribution in [-0.4, -0.2) is 23.5 Å². The fraction of sp³-hybridized carbons (Fsp3) is 0.417. The summed E-state index contributed by atoms with van der Waals surface area (Å²) in [5, 5.41) is 0. The molecule has 1 aromatic rings. The van der Waals surface area contributed by atoms with Crippen molar-refractivity contribution in [2.45, 2.75) is 22.6 Å². The fourth-order valence-electron chi connectivity index (χ4n) is 1.87. The Morgan fingerprint density at radius 3 is 3.06 bits per heavy atom. The van der Waals surface area contributed by atoms with Gasteiger partial charge in [0, 0.05) is 17.1 Å². The molecule has 1 heterocycles. The molecule has 0 radical (unpaired) electrons. The zero-order valence-electron chi connectivity index (χ0n) is 9.15. The number of thioether (sulfide) groups is 1. The summed E-state index contributed by atoms with van der Waals surface area (Å²) in [6.07, 6.45) is 4.05. The summed E-state index contributed by atoms with van der Waals surface area (Å²) in [4.78, 5) is 15.1. The average Bonchev–Trinajstić information content (AvgIpc) is 2.33. The molecular weight excluding hydrogens is 286 g/mol. The highest BCUT2D eigenvalue weighted by Crippen LogP contribution is 2.27. The van der Waals surface area contributed by atoms with Crippen LogP contribution in [0.4, 0.5) is 5.69 Å². The van der Waals surface area contributed by atoms with Crippen LogP contribution >= 0.6 is 27.7 Å². The Kier molecular flexibility index (Phi) is 3.92. The van der Waals surface area contributed by atoms with Crippen LogP contribution in [0, 0.1) is 0 Å². The van der Waals surface area contributed by atoms with E-state index in [1.165, 1.54) is 4.90 Å². The number of benzene rings is 1. The van der Waals surface area contributed by atoms with Crippen molar-refractivity contribution in [1.29, 1.82) is 0 Å². The number of rotatable bonds is 2. The third-order valence-electron chi connectivity index (χ3n) is 2.74. The van der Waals surface area contributed by atoms with Crippen LogP contribution < -0.4 is 4.90 Å². The smallest absolute Gasteiger partial charge is 0.240 e. The van der Waals surface area contributed by atoms with Crippen LogP contribution in [0.1, 0.15) is 12.8 Å². The first-order valence-electron chi connectivity index (χ1n) is 5.32. The second-order valence-corrected chi connectivity index (χ2v) is 5.79. The molecule has 0 saturated carbocycles. The summed E-state index contributed by atoms with van der Waals surface area (Å²) in [5.41, 5.74) is 1.01. The minimum atomic E-state index is -0.0146. The number of hydrogen-bond acceptors (Lipinski definition) is 2. The average molecular weight is 300 g/mol. The number of hydrogen-bond donors (Lipinski definition) is 0. The molecule has 0 spiro atoms. The summed E-state index contributed by atoms with van der Waals surface area (Å²) in [6, 6.07) is 8.15. The fourth-order valence-corrected chi connectivity index (χ4v) is 2.89. The van der Waals surface area contributed by atoms with Gasteiger partial charge in [-0.3, -0.25) is 4.79 Å². The van der Waals surface area contributed by atoms with E-state index in [1.807, 2.05) is 23.3 Å². The lowest BCUT2D eigenvalue weighted by molar-refractivity contribution is -0.118. The molecule has 0 aliphatic carbocycles. The predicted octanol–water partition coefficient (Wildman–Crippen LogP) is 3.30. The molecule has 0 aromatic heterocycles. The summed E-state index contributed by atoms with van der Waals surface area (Å²) >= 11 is 5.13. The Morgan fingerprint density at radius 2 is 2.31 bits per heavy atom. The molecule has 0 N–H and O–H groups in total. The summed E-state index contributed by atoms with van der Waals surface area (Å²) in [5.74, 6) is 0.185. The minimum Gasteiger partial charge on any atom is -0.311 e. The Balaban J connectivity index is 2.25. The highest BCUT2D eigenvalue weighted by atomic mass is 79.9. The molecule has 1 aliphatic rings. The van der Waals surface area contributed by atoms with Gasteiger partial charge in [0.25, 0.3) is 0 Å². The molecule has 1 unspecified atom stereocenters. The number of halogens is 1. The van der Waals surface area contributed by atoms with Gasteiger partial charge < -0.3 is 4.90 Å². The van der Waals surface area contributed by atoms with E-state index in [0.717, 1.165) is 25.1 Å². The first-order valence-corrected chi connectivity index (χ1v) is 7.46. The molecule has 2 rings (SSSR count). The van der Waals surface area contributed by atoms with E-state index in [4.69, 9.17) is 0 Å². The summed E-state index contributed by atoms with van der Waals surface area (Å²) in [6.45, 7) is 0.832. The SMILES string of the molecule is CSc1cccc(N2CCCC(Br)C2=O)c1.